The maximum absolute atomic E-state index is 13.8. The average Bonchev–Trinajstić information content (AvgIpc) is 3.44. The first-order chi connectivity index (χ1) is 14.5. The molecule has 0 spiro atoms. The summed E-state index contributed by atoms with van der Waals surface area (Å²) >= 11 is 0. The van der Waals surface area contributed by atoms with Crippen LogP contribution >= 0.6 is 0 Å². The van der Waals surface area contributed by atoms with Crippen molar-refractivity contribution < 1.29 is 14.6 Å². The second-order valence-corrected chi connectivity index (χ2v) is 7.49. The van der Waals surface area contributed by atoms with E-state index in [-0.39, 0.29) is 16.9 Å². The van der Waals surface area contributed by atoms with Gasteiger partial charge in [0.15, 0.2) is 11.4 Å². The van der Waals surface area contributed by atoms with Crippen LogP contribution in [0.25, 0.3) is 0 Å². The number of quaternary nitrogens is 1. The number of methoxy groups -OCH3 is 1. The highest BCUT2D eigenvalue weighted by molar-refractivity contribution is 6.13. The summed E-state index contributed by atoms with van der Waals surface area (Å²) < 4.78 is 5.64. The number of rotatable bonds is 6. The summed E-state index contributed by atoms with van der Waals surface area (Å²) in [7, 11) is 1.58. The molecule has 5 heteroatoms. The Hall–Kier alpha value is -3.41. The smallest absolute Gasteiger partial charge is 0.251 e. The molecule has 1 atom stereocenters. The summed E-state index contributed by atoms with van der Waals surface area (Å²) in [4.78, 5) is 16.9. The molecule has 1 unspecified atom stereocenters. The van der Waals surface area contributed by atoms with Crippen molar-refractivity contribution in [3.8, 4) is 5.75 Å². The highest BCUT2D eigenvalue weighted by atomic mass is 16.5. The molecule has 2 heterocycles. The minimum Gasteiger partial charge on any atom is -0.496 e. The average molecular weight is 401 g/mol. The molecule has 0 radical (unpaired) electrons. The number of ether oxygens (including phenoxy) is 1. The quantitative estimate of drug-likeness (QED) is 0.448. The van der Waals surface area contributed by atoms with Crippen LogP contribution in [0, 0.1) is 13.8 Å². The van der Waals surface area contributed by atoms with Crippen molar-refractivity contribution in [2.45, 2.75) is 20.5 Å². The number of allylic oxidation sites excluding steroid dienone is 3. The van der Waals surface area contributed by atoms with Gasteiger partial charge >= 0.3 is 0 Å². The zero-order valence-corrected chi connectivity index (χ0v) is 17.3. The number of hydrogen-bond donors (Lipinski definition) is 2. The third-order valence-electron chi connectivity index (χ3n) is 5.68. The molecule has 0 amide bonds. The second kappa shape index (κ2) is 7.78. The molecule has 0 fully saturated rings. The van der Waals surface area contributed by atoms with Crippen molar-refractivity contribution in [2.75, 3.05) is 7.11 Å². The van der Waals surface area contributed by atoms with E-state index in [1.165, 1.54) is 0 Å². The Morgan fingerprint density at radius 3 is 2.63 bits per heavy atom. The summed E-state index contributed by atoms with van der Waals surface area (Å²) in [6, 6.07) is 13.5. The van der Waals surface area contributed by atoms with Crippen LogP contribution in [-0.2, 0) is 6.61 Å². The number of aromatic amines is 1. The number of hydrogen-bond acceptors (Lipinski definition) is 3. The molecule has 0 bridgehead atoms. The van der Waals surface area contributed by atoms with Gasteiger partial charge in [-0.05, 0) is 48.7 Å². The van der Waals surface area contributed by atoms with E-state index < -0.39 is 0 Å². The Morgan fingerprint density at radius 1 is 1.10 bits per heavy atom. The molecule has 2 N–H and O–H groups in total. The number of aliphatic hydroxyl groups is 1. The lowest BCUT2D eigenvalue weighted by molar-refractivity contribution is 0.101. The van der Waals surface area contributed by atoms with E-state index in [0.29, 0.717) is 17.0 Å². The van der Waals surface area contributed by atoms with Gasteiger partial charge in [-0.3, -0.25) is 4.79 Å². The van der Waals surface area contributed by atoms with E-state index in [0.717, 1.165) is 28.1 Å². The molecule has 0 saturated carbocycles. The number of aliphatic hydroxyl groups excluding tert-OH is 1. The van der Waals surface area contributed by atoms with Gasteiger partial charge in [-0.2, -0.15) is 4.48 Å². The van der Waals surface area contributed by atoms with Crippen molar-refractivity contribution >= 4 is 17.2 Å². The van der Waals surface area contributed by atoms with Crippen molar-refractivity contribution in [3.05, 3.63) is 101 Å². The summed E-state index contributed by atoms with van der Waals surface area (Å²) in [6.45, 7) is 3.88. The lowest BCUT2D eigenvalue weighted by atomic mass is 10.0. The van der Waals surface area contributed by atoms with Crippen LogP contribution in [0.1, 0.15) is 27.0 Å². The van der Waals surface area contributed by atoms with Gasteiger partial charge < -0.3 is 14.8 Å². The third kappa shape index (κ3) is 3.09. The van der Waals surface area contributed by atoms with Crippen LogP contribution < -0.4 is 9.22 Å². The zero-order chi connectivity index (χ0) is 21.3. The second-order valence-electron chi connectivity index (χ2n) is 7.49. The molecule has 1 aliphatic heterocycles. The maximum Gasteiger partial charge on any atom is 0.251 e. The minimum absolute atomic E-state index is 0.0602. The highest BCUT2D eigenvalue weighted by Crippen LogP contribution is 2.45. The van der Waals surface area contributed by atoms with Crippen LogP contribution in [0.15, 0.2) is 78.9 Å². The monoisotopic (exact) mass is 401 g/mol. The van der Waals surface area contributed by atoms with Crippen LogP contribution in [0.4, 0.5) is 11.4 Å². The Kier molecular flexibility index (Phi) is 5.16. The van der Waals surface area contributed by atoms with Gasteiger partial charge in [-0.1, -0.05) is 12.1 Å². The Labute approximate surface area is 176 Å². The SMILES string of the molecule is COc1cc(C)ccc1C(=O)C1=CC=C[N+]1(c1cc[nH]c1)c1ccc(C)c(CO)c1. The van der Waals surface area contributed by atoms with Crippen LogP contribution in [0.2, 0.25) is 0 Å². The number of aryl methyl sites for hydroxylation is 2. The Morgan fingerprint density at radius 2 is 1.93 bits per heavy atom. The summed E-state index contributed by atoms with van der Waals surface area (Å²) in [5.74, 6) is 0.448. The fraction of sp³-hybridized carbons (Fsp3) is 0.160. The molecule has 2 aromatic carbocycles. The molecule has 5 nitrogen and oxygen atoms in total. The lowest BCUT2D eigenvalue weighted by Gasteiger charge is -2.32. The first-order valence-corrected chi connectivity index (χ1v) is 9.83. The predicted octanol–water partition coefficient (Wildman–Crippen LogP) is 5.07. The fourth-order valence-corrected chi connectivity index (χ4v) is 4.00. The number of aromatic nitrogens is 1. The number of carbonyl (C=O) groups is 1. The molecule has 0 saturated heterocycles. The van der Waals surface area contributed by atoms with Gasteiger partial charge in [0.05, 0.1) is 25.5 Å². The van der Waals surface area contributed by atoms with Gasteiger partial charge in [-0.25, -0.2) is 0 Å². The number of nitrogens with zero attached hydrogens (tertiary/aromatic N) is 1. The molecule has 4 rings (SSSR count). The first kappa shape index (κ1) is 19.9. The summed E-state index contributed by atoms with van der Waals surface area (Å²) in [6.07, 6.45) is 9.48. The number of carbonyl (C=O) groups excluding carboxylic acids is 1. The summed E-state index contributed by atoms with van der Waals surface area (Å²) in [5.41, 5.74) is 5.76. The van der Waals surface area contributed by atoms with Crippen molar-refractivity contribution in [2.24, 2.45) is 0 Å². The minimum atomic E-state index is -0.107. The molecule has 152 valence electrons. The van der Waals surface area contributed by atoms with Crippen LogP contribution in [0.5, 0.6) is 5.75 Å². The number of nitrogens with one attached hydrogen (secondary N) is 1. The molecule has 0 aliphatic carbocycles. The molecule has 1 aromatic heterocycles. The molecule has 30 heavy (non-hydrogen) atoms. The van der Waals surface area contributed by atoms with Gasteiger partial charge in [-0.15, -0.1) is 0 Å². The molecular formula is C25H25N2O3+. The molecule has 3 aromatic rings. The summed E-state index contributed by atoms with van der Waals surface area (Å²) in [5, 5.41) is 9.82. The standard InChI is InChI=1S/C25H25N2O3/c1-17-6-9-22(24(13-17)30-3)25(29)23-5-4-12-27(23,21-10-11-26-15-21)20-8-7-18(2)19(14-20)16-28/h4-15,26,28H,16H2,1-3H3/q+1. The van der Waals surface area contributed by atoms with Crippen molar-refractivity contribution in [3.63, 3.8) is 0 Å². The van der Waals surface area contributed by atoms with Crippen LogP contribution in [-0.4, -0.2) is 23.0 Å². The number of H-pyrrole nitrogens is 1. The van der Waals surface area contributed by atoms with Gasteiger partial charge in [0.25, 0.3) is 5.78 Å². The van der Waals surface area contributed by atoms with E-state index in [4.69, 9.17) is 4.74 Å². The zero-order valence-electron chi connectivity index (χ0n) is 17.3. The van der Waals surface area contributed by atoms with Gasteiger partial charge in [0, 0.05) is 30.5 Å². The fourth-order valence-electron chi connectivity index (χ4n) is 4.00. The Balaban J connectivity index is 1.91. The number of ketones is 1. The largest absolute Gasteiger partial charge is 0.496 e. The highest BCUT2D eigenvalue weighted by Gasteiger charge is 2.44. The lowest BCUT2D eigenvalue weighted by Crippen LogP contribution is -2.39. The topological polar surface area (TPSA) is 62.3 Å². The predicted molar refractivity (Wildman–Crippen MR) is 119 cm³/mol. The molecule has 1 aliphatic rings. The van der Waals surface area contributed by atoms with Crippen LogP contribution in [0.3, 0.4) is 0 Å². The van der Waals surface area contributed by atoms with Crippen molar-refractivity contribution in [1.82, 2.24) is 9.47 Å². The normalized spacial score (nSPS) is 17.8. The van der Waals surface area contributed by atoms with Gasteiger partial charge in [0.2, 0.25) is 0 Å². The molecular weight excluding hydrogens is 376 g/mol. The first-order valence-electron chi connectivity index (χ1n) is 9.83. The Bertz CT molecular complexity index is 1160. The van der Waals surface area contributed by atoms with Crippen molar-refractivity contribution in [1.29, 1.82) is 0 Å². The number of Topliss-reactive ketones (excluding diaryl/α,β-unsaturated/α-hetero) is 1. The maximum atomic E-state index is 13.8. The van der Waals surface area contributed by atoms with E-state index >= 15 is 0 Å². The van der Waals surface area contributed by atoms with E-state index in [1.54, 1.807) is 7.11 Å². The van der Waals surface area contributed by atoms with E-state index in [9.17, 15) is 9.90 Å². The number of benzene rings is 2. The third-order valence-corrected chi connectivity index (χ3v) is 5.68. The van der Waals surface area contributed by atoms with E-state index in [2.05, 4.69) is 4.98 Å². The van der Waals surface area contributed by atoms with Gasteiger partial charge in [0.1, 0.15) is 17.6 Å². The van der Waals surface area contributed by atoms with E-state index in [1.807, 2.05) is 87.1 Å².